The molecule has 0 radical (unpaired) electrons. The van der Waals surface area contributed by atoms with Crippen LogP contribution in [0.15, 0.2) is 16.6 Å². The van der Waals surface area contributed by atoms with E-state index in [1.165, 1.54) is 17.0 Å². The van der Waals surface area contributed by atoms with Gasteiger partial charge in [-0.1, -0.05) is 0 Å². The Balaban J connectivity index is 2.17. The summed E-state index contributed by atoms with van der Waals surface area (Å²) in [7, 11) is 0. The topological polar surface area (TPSA) is 51.7 Å². The molecular formula is C15H18BrF3N2O3. The molecule has 1 aromatic heterocycles. The summed E-state index contributed by atoms with van der Waals surface area (Å²) in [4.78, 5) is 17.2. The van der Waals surface area contributed by atoms with Gasteiger partial charge in [0.25, 0.3) is 0 Å². The molecule has 0 saturated carbocycles. The van der Waals surface area contributed by atoms with Crippen LogP contribution in [0.25, 0.3) is 0 Å². The SMILES string of the molecule is CC(C)(C)OC(=O)N1CCOC(c2ccc(Br)c(C(F)(F)F)n2)C1. The van der Waals surface area contributed by atoms with E-state index in [4.69, 9.17) is 9.47 Å². The van der Waals surface area contributed by atoms with Crippen molar-refractivity contribution in [1.82, 2.24) is 9.88 Å². The van der Waals surface area contributed by atoms with Crippen LogP contribution in [0.1, 0.15) is 38.3 Å². The zero-order valence-electron chi connectivity index (χ0n) is 13.5. The van der Waals surface area contributed by atoms with E-state index in [2.05, 4.69) is 20.9 Å². The maximum atomic E-state index is 13.0. The molecule has 0 aliphatic carbocycles. The van der Waals surface area contributed by atoms with Crippen molar-refractivity contribution in [2.45, 2.75) is 38.7 Å². The molecule has 134 valence electrons. The van der Waals surface area contributed by atoms with Gasteiger partial charge in [-0.3, -0.25) is 0 Å². The van der Waals surface area contributed by atoms with Gasteiger partial charge in [-0.2, -0.15) is 13.2 Å². The Bertz CT molecular complexity index is 617. The first-order chi connectivity index (χ1) is 11.0. The third-order valence-electron chi connectivity index (χ3n) is 3.18. The lowest BCUT2D eigenvalue weighted by Crippen LogP contribution is -2.44. The predicted molar refractivity (Wildman–Crippen MR) is 83.4 cm³/mol. The van der Waals surface area contributed by atoms with Crippen LogP contribution < -0.4 is 0 Å². The Morgan fingerprint density at radius 2 is 2.04 bits per heavy atom. The van der Waals surface area contributed by atoms with Crippen LogP contribution in [-0.4, -0.2) is 41.3 Å². The molecule has 24 heavy (non-hydrogen) atoms. The first-order valence-electron chi connectivity index (χ1n) is 7.30. The summed E-state index contributed by atoms with van der Waals surface area (Å²) in [6, 6.07) is 2.73. The van der Waals surface area contributed by atoms with Crippen molar-refractivity contribution >= 4 is 22.0 Å². The lowest BCUT2D eigenvalue weighted by atomic mass is 10.1. The molecule has 1 fully saturated rings. The normalized spacial score (nSPS) is 19.3. The van der Waals surface area contributed by atoms with E-state index in [9.17, 15) is 18.0 Å². The van der Waals surface area contributed by atoms with E-state index in [0.717, 1.165) is 0 Å². The van der Waals surface area contributed by atoms with Crippen LogP contribution in [-0.2, 0) is 15.7 Å². The second-order valence-electron chi connectivity index (χ2n) is 6.35. The number of pyridine rings is 1. The molecule has 2 heterocycles. The van der Waals surface area contributed by atoms with E-state index < -0.39 is 29.7 Å². The van der Waals surface area contributed by atoms with Gasteiger partial charge in [0.05, 0.1) is 18.8 Å². The Hall–Kier alpha value is -1.35. The van der Waals surface area contributed by atoms with Gasteiger partial charge in [0.15, 0.2) is 5.69 Å². The first kappa shape index (κ1) is 19.0. The fourth-order valence-corrected chi connectivity index (χ4v) is 2.60. The Kier molecular flexibility index (Phi) is 5.44. The summed E-state index contributed by atoms with van der Waals surface area (Å²) in [6.45, 7) is 5.83. The fourth-order valence-electron chi connectivity index (χ4n) is 2.16. The molecule has 2 rings (SSSR count). The van der Waals surface area contributed by atoms with E-state index in [1.54, 1.807) is 20.8 Å². The number of hydrogen-bond acceptors (Lipinski definition) is 4. The minimum absolute atomic E-state index is 0.0842. The van der Waals surface area contributed by atoms with Crippen molar-refractivity contribution in [3.8, 4) is 0 Å². The second kappa shape index (κ2) is 6.87. The number of halogens is 4. The summed E-state index contributed by atoms with van der Waals surface area (Å²) in [6.07, 6.45) is -5.83. The molecule has 1 saturated heterocycles. The summed E-state index contributed by atoms with van der Waals surface area (Å²) in [5.74, 6) is 0. The molecule has 9 heteroatoms. The van der Waals surface area contributed by atoms with E-state index >= 15 is 0 Å². The molecule has 0 spiro atoms. The number of nitrogens with zero attached hydrogens (tertiary/aromatic N) is 2. The van der Waals surface area contributed by atoms with Gasteiger partial charge >= 0.3 is 12.3 Å². The van der Waals surface area contributed by atoms with Crippen molar-refractivity contribution in [2.75, 3.05) is 19.7 Å². The number of alkyl halides is 3. The number of carbonyl (C=O) groups excluding carboxylic acids is 1. The maximum Gasteiger partial charge on any atom is 0.434 e. The van der Waals surface area contributed by atoms with Gasteiger partial charge < -0.3 is 14.4 Å². The molecule has 1 amide bonds. The van der Waals surface area contributed by atoms with Crippen molar-refractivity contribution in [3.05, 3.63) is 28.0 Å². The van der Waals surface area contributed by atoms with Gasteiger partial charge in [0.2, 0.25) is 0 Å². The average molecular weight is 411 g/mol. The number of morpholine rings is 1. The molecule has 1 aliphatic heterocycles. The monoisotopic (exact) mass is 410 g/mol. The summed E-state index contributed by atoms with van der Waals surface area (Å²) >= 11 is 2.85. The third-order valence-corrected chi connectivity index (χ3v) is 3.82. The second-order valence-corrected chi connectivity index (χ2v) is 7.20. The van der Waals surface area contributed by atoms with Crippen LogP contribution in [0.4, 0.5) is 18.0 Å². The molecule has 0 bridgehead atoms. The summed E-state index contributed by atoms with van der Waals surface area (Å²) < 4.78 is 49.5. The van der Waals surface area contributed by atoms with Gasteiger partial charge in [-0.05, 0) is 48.8 Å². The molecular weight excluding hydrogens is 393 g/mol. The smallest absolute Gasteiger partial charge is 0.434 e. The molecule has 1 atom stereocenters. The highest BCUT2D eigenvalue weighted by molar-refractivity contribution is 9.10. The zero-order valence-corrected chi connectivity index (χ0v) is 15.1. The number of rotatable bonds is 1. The van der Waals surface area contributed by atoms with Crippen LogP contribution in [0, 0.1) is 0 Å². The standard InChI is InChI=1S/C15H18BrF3N2O3/c1-14(2,3)24-13(22)21-6-7-23-11(8-21)10-5-4-9(16)12(20-10)15(17,18)19/h4-5,11H,6-8H2,1-3H3. The minimum Gasteiger partial charge on any atom is -0.444 e. The minimum atomic E-state index is -4.58. The lowest BCUT2D eigenvalue weighted by Gasteiger charge is -2.34. The van der Waals surface area contributed by atoms with Gasteiger partial charge in [0, 0.05) is 11.0 Å². The summed E-state index contributed by atoms with van der Waals surface area (Å²) in [5.41, 5.74) is -1.54. The molecule has 1 aliphatic rings. The quantitative estimate of drug-likeness (QED) is 0.696. The van der Waals surface area contributed by atoms with Gasteiger partial charge in [-0.15, -0.1) is 0 Å². The highest BCUT2D eigenvalue weighted by atomic mass is 79.9. The molecule has 0 aromatic carbocycles. The number of ether oxygens (including phenoxy) is 2. The predicted octanol–water partition coefficient (Wildman–Crippen LogP) is 4.17. The number of carbonyl (C=O) groups is 1. The van der Waals surface area contributed by atoms with Crippen molar-refractivity contribution in [1.29, 1.82) is 0 Å². The number of aromatic nitrogens is 1. The Morgan fingerprint density at radius 3 is 2.62 bits per heavy atom. The highest BCUT2D eigenvalue weighted by Gasteiger charge is 2.37. The molecule has 1 unspecified atom stereocenters. The van der Waals surface area contributed by atoms with E-state index in [0.29, 0.717) is 6.54 Å². The van der Waals surface area contributed by atoms with Crippen molar-refractivity contribution in [2.24, 2.45) is 0 Å². The Labute approximate surface area is 146 Å². The molecule has 1 aromatic rings. The van der Waals surface area contributed by atoms with Gasteiger partial charge in [0.1, 0.15) is 11.7 Å². The lowest BCUT2D eigenvalue weighted by molar-refractivity contribution is -0.142. The maximum absolute atomic E-state index is 13.0. The average Bonchev–Trinajstić information content (AvgIpc) is 2.45. The van der Waals surface area contributed by atoms with E-state index in [-0.39, 0.29) is 23.3 Å². The largest absolute Gasteiger partial charge is 0.444 e. The van der Waals surface area contributed by atoms with Crippen molar-refractivity contribution in [3.63, 3.8) is 0 Å². The summed E-state index contributed by atoms with van der Waals surface area (Å²) in [5, 5.41) is 0. The fraction of sp³-hybridized carbons (Fsp3) is 0.600. The van der Waals surface area contributed by atoms with Crippen molar-refractivity contribution < 1.29 is 27.4 Å². The highest BCUT2D eigenvalue weighted by Crippen LogP contribution is 2.34. The third kappa shape index (κ3) is 4.83. The Morgan fingerprint density at radius 1 is 1.38 bits per heavy atom. The first-order valence-corrected chi connectivity index (χ1v) is 8.10. The zero-order chi connectivity index (χ0) is 18.1. The van der Waals surface area contributed by atoms with Crippen LogP contribution >= 0.6 is 15.9 Å². The van der Waals surface area contributed by atoms with Crippen LogP contribution in [0.2, 0.25) is 0 Å². The molecule has 5 nitrogen and oxygen atoms in total. The van der Waals surface area contributed by atoms with E-state index in [1.807, 2.05) is 0 Å². The van der Waals surface area contributed by atoms with Gasteiger partial charge in [-0.25, -0.2) is 9.78 Å². The van der Waals surface area contributed by atoms with Crippen LogP contribution in [0.5, 0.6) is 0 Å². The number of hydrogen-bond donors (Lipinski definition) is 0. The number of amides is 1. The molecule has 0 N–H and O–H groups in total. The van der Waals surface area contributed by atoms with Crippen LogP contribution in [0.3, 0.4) is 0 Å².